The van der Waals surface area contributed by atoms with Gasteiger partial charge >= 0.3 is 12.3 Å². The Morgan fingerprint density at radius 2 is 1.87 bits per heavy atom. The van der Waals surface area contributed by atoms with Crippen molar-refractivity contribution in [3.63, 3.8) is 0 Å². The summed E-state index contributed by atoms with van der Waals surface area (Å²) in [5.41, 5.74) is 5.91. The van der Waals surface area contributed by atoms with E-state index >= 15 is 0 Å². The van der Waals surface area contributed by atoms with Crippen LogP contribution < -0.4 is 16.0 Å². The average molecular weight is 444 g/mol. The molecule has 2 aliphatic rings. The van der Waals surface area contributed by atoms with E-state index in [2.05, 4.69) is 5.32 Å². The van der Waals surface area contributed by atoms with Crippen LogP contribution in [0.5, 0.6) is 0 Å². The number of anilines is 3. The van der Waals surface area contributed by atoms with Gasteiger partial charge < -0.3 is 20.1 Å². The van der Waals surface area contributed by atoms with Crippen molar-refractivity contribution >= 4 is 23.2 Å². The zero-order chi connectivity index (χ0) is 22.8. The number of nitrogen functional groups attached to an aromatic ring is 1. The molecule has 174 valence electrons. The summed E-state index contributed by atoms with van der Waals surface area (Å²) in [6, 6.07) is 2.90. The molecular formula is C21H31F3N4O3. The molecule has 0 saturated carbocycles. The van der Waals surface area contributed by atoms with E-state index in [1.165, 1.54) is 23.1 Å². The monoisotopic (exact) mass is 444 g/mol. The highest BCUT2D eigenvalue weighted by Gasteiger charge is 2.48. The van der Waals surface area contributed by atoms with Gasteiger partial charge in [-0.1, -0.05) is 0 Å². The number of nitrogens with two attached hydrogens (primary N) is 1. The predicted octanol–water partition coefficient (Wildman–Crippen LogP) is 3.85. The van der Waals surface area contributed by atoms with Gasteiger partial charge in [-0.05, 0) is 51.8 Å². The van der Waals surface area contributed by atoms with Crippen molar-refractivity contribution in [1.82, 2.24) is 4.90 Å². The molecule has 0 aliphatic carbocycles. The molecule has 2 fully saturated rings. The summed E-state index contributed by atoms with van der Waals surface area (Å²) in [4.78, 5) is 15.5. The molecule has 2 aliphatic heterocycles. The smallest absolute Gasteiger partial charge is 0.412 e. The summed E-state index contributed by atoms with van der Waals surface area (Å²) < 4.78 is 52.9. The van der Waals surface area contributed by atoms with Crippen molar-refractivity contribution in [1.29, 1.82) is 0 Å². The molecule has 0 spiro atoms. The van der Waals surface area contributed by atoms with Gasteiger partial charge in [-0.25, -0.2) is 4.79 Å². The molecule has 1 aromatic rings. The minimum atomic E-state index is -4.44. The molecule has 10 heteroatoms. The Balaban J connectivity index is 1.85. The molecule has 2 saturated heterocycles. The molecule has 1 atom stereocenters. The second-order valence-electron chi connectivity index (χ2n) is 8.99. The molecular weight excluding hydrogens is 413 g/mol. The SMILES string of the molecule is CC(C)(C)OC(=O)Nc1cc(N)ccc1N1CCN(C2CCOCC2)CC1C(F)(F)F. The number of benzene rings is 1. The van der Waals surface area contributed by atoms with E-state index in [4.69, 9.17) is 15.2 Å². The van der Waals surface area contributed by atoms with Gasteiger partial charge in [-0.3, -0.25) is 10.2 Å². The Labute approximate surface area is 180 Å². The summed E-state index contributed by atoms with van der Waals surface area (Å²) >= 11 is 0. The summed E-state index contributed by atoms with van der Waals surface area (Å²) in [6.07, 6.45) is -3.71. The zero-order valence-corrected chi connectivity index (χ0v) is 18.2. The lowest BCUT2D eigenvalue weighted by atomic mass is 10.0. The van der Waals surface area contributed by atoms with Crippen LogP contribution in [0.2, 0.25) is 0 Å². The number of amides is 1. The van der Waals surface area contributed by atoms with E-state index in [0.29, 0.717) is 25.4 Å². The topological polar surface area (TPSA) is 80.1 Å². The van der Waals surface area contributed by atoms with E-state index in [9.17, 15) is 18.0 Å². The second-order valence-corrected chi connectivity index (χ2v) is 8.99. The van der Waals surface area contributed by atoms with Crippen LogP contribution in [0, 0.1) is 0 Å². The standard InChI is InChI=1S/C21H31F3N4O3/c1-20(2,3)31-19(29)26-16-12-14(25)4-5-17(16)28-9-8-27(13-18(28)21(22,23)24)15-6-10-30-11-7-15/h4-5,12,15,18H,6-11,13,25H2,1-3H3,(H,26,29). The number of alkyl halides is 3. The Morgan fingerprint density at radius 1 is 1.19 bits per heavy atom. The number of nitrogens with zero attached hydrogens (tertiary/aromatic N) is 2. The molecule has 3 N–H and O–H groups in total. The van der Waals surface area contributed by atoms with Crippen LogP contribution >= 0.6 is 0 Å². The van der Waals surface area contributed by atoms with Crippen LogP contribution in [0.4, 0.5) is 35.0 Å². The lowest BCUT2D eigenvalue weighted by Crippen LogP contribution is -2.61. The first-order valence-corrected chi connectivity index (χ1v) is 10.5. The van der Waals surface area contributed by atoms with E-state index < -0.39 is 23.9 Å². The molecule has 2 heterocycles. The molecule has 3 rings (SSSR count). The Hall–Kier alpha value is -2.20. The van der Waals surface area contributed by atoms with Gasteiger partial charge in [0.15, 0.2) is 0 Å². The van der Waals surface area contributed by atoms with Crippen LogP contribution in [0.3, 0.4) is 0 Å². The molecule has 0 radical (unpaired) electrons. The number of halogens is 3. The average Bonchev–Trinajstić information content (AvgIpc) is 2.66. The Kier molecular flexibility index (Phi) is 6.90. The molecule has 0 aromatic heterocycles. The maximum absolute atomic E-state index is 14.1. The summed E-state index contributed by atoms with van der Waals surface area (Å²) in [7, 11) is 0. The third kappa shape index (κ3) is 6.16. The van der Waals surface area contributed by atoms with Crippen LogP contribution in [0.25, 0.3) is 0 Å². The lowest BCUT2D eigenvalue weighted by Gasteiger charge is -2.47. The van der Waals surface area contributed by atoms with Crippen molar-refractivity contribution in [3.8, 4) is 0 Å². The van der Waals surface area contributed by atoms with Crippen molar-refractivity contribution in [2.75, 3.05) is 48.8 Å². The fraction of sp³-hybridized carbons (Fsp3) is 0.667. The van der Waals surface area contributed by atoms with Crippen molar-refractivity contribution < 1.29 is 27.4 Å². The summed E-state index contributed by atoms with van der Waals surface area (Å²) in [5.74, 6) is 0. The van der Waals surface area contributed by atoms with Gasteiger partial charge in [0.25, 0.3) is 0 Å². The van der Waals surface area contributed by atoms with Gasteiger partial charge in [-0.15, -0.1) is 0 Å². The zero-order valence-electron chi connectivity index (χ0n) is 18.2. The predicted molar refractivity (Wildman–Crippen MR) is 113 cm³/mol. The van der Waals surface area contributed by atoms with Crippen LogP contribution in [0.15, 0.2) is 18.2 Å². The fourth-order valence-corrected chi connectivity index (χ4v) is 4.07. The molecule has 1 unspecified atom stereocenters. The van der Waals surface area contributed by atoms with Gasteiger partial charge in [0, 0.05) is 44.6 Å². The van der Waals surface area contributed by atoms with Crippen molar-refractivity contribution in [2.45, 2.75) is 57.5 Å². The summed E-state index contributed by atoms with van der Waals surface area (Å²) in [6.45, 7) is 6.81. The van der Waals surface area contributed by atoms with Crippen LogP contribution in [-0.2, 0) is 9.47 Å². The quantitative estimate of drug-likeness (QED) is 0.690. The van der Waals surface area contributed by atoms with Gasteiger partial charge in [0.05, 0.1) is 11.4 Å². The molecule has 1 amide bonds. The minimum absolute atomic E-state index is 0.0894. The maximum atomic E-state index is 14.1. The van der Waals surface area contributed by atoms with Crippen LogP contribution in [0.1, 0.15) is 33.6 Å². The fourth-order valence-electron chi connectivity index (χ4n) is 4.07. The number of hydrogen-bond donors (Lipinski definition) is 2. The third-order valence-electron chi connectivity index (χ3n) is 5.46. The lowest BCUT2D eigenvalue weighted by molar-refractivity contribution is -0.159. The molecule has 1 aromatic carbocycles. The third-order valence-corrected chi connectivity index (χ3v) is 5.46. The number of carbonyl (C=O) groups is 1. The first kappa shape index (κ1) is 23.5. The van der Waals surface area contributed by atoms with Gasteiger partial charge in [0.2, 0.25) is 0 Å². The number of rotatable bonds is 3. The summed E-state index contributed by atoms with van der Waals surface area (Å²) in [5, 5.41) is 2.57. The van der Waals surface area contributed by atoms with Crippen LogP contribution in [-0.4, -0.2) is 67.7 Å². The highest BCUT2D eigenvalue weighted by atomic mass is 19.4. The highest BCUT2D eigenvalue weighted by molar-refractivity contribution is 5.91. The van der Waals surface area contributed by atoms with Crippen molar-refractivity contribution in [2.24, 2.45) is 0 Å². The normalized spacial score (nSPS) is 21.7. The maximum Gasteiger partial charge on any atom is 0.412 e. The highest BCUT2D eigenvalue weighted by Crippen LogP contribution is 2.37. The van der Waals surface area contributed by atoms with Gasteiger partial charge in [-0.2, -0.15) is 13.2 Å². The number of carbonyl (C=O) groups excluding carboxylic acids is 1. The van der Waals surface area contributed by atoms with E-state index in [1.54, 1.807) is 20.8 Å². The van der Waals surface area contributed by atoms with E-state index in [0.717, 1.165) is 12.8 Å². The number of hydrogen-bond acceptors (Lipinski definition) is 6. The second kappa shape index (κ2) is 9.12. The number of ether oxygens (including phenoxy) is 2. The Morgan fingerprint density at radius 3 is 2.48 bits per heavy atom. The Bertz CT molecular complexity index is 776. The molecule has 0 bridgehead atoms. The number of piperazine rings is 1. The molecule has 7 nitrogen and oxygen atoms in total. The van der Waals surface area contributed by atoms with Gasteiger partial charge in [0.1, 0.15) is 11.6 Å². The number of nitrogens with one attached hydrogen (secondary N) is 1. The molecule has 31 heavy (non-hydrogen) atoms. The largest absolute Gasteiger partial charge is 0.444 e. The van der Waals surface area contributed by atoms with Crippen molar-refractivity contribution in [3.05, 3.63) is 18.2 Å². The first-order chi connectivity index (χ1) is 14.4. The first-order valence-electron chi connectivity index (χ1n) is 10.5. The van der Waals surface area contributed by atoms with E-state index in [1.807, 2.05) is 4.90 Å². The minimum Gasteiger partial charge on any atom is -0.444 e. The van der Waals surface area contributed by atoms with E-state index in [-0.39, 0.29) is 30.5 Å².